The second kappa shape index (κ2) is 6.18. The smallest absolute Gasteiger partial charge is 0.419 e. The number of aromatic nitrogens is 3. The minimum absolute atomic E-state index is 0.0154. The topological polar surface area (TPSA) is 39.9 Å². The van der Waals surface area contributed by atoms with Gasteiger partial charge in [-0.1, -0.05) is 30.3 Å². The molecule has 4 aromatic rings. The predicted octanol–water partition coefficient (Wildman–Crippen LogP) is 5.23. The summed E-state index contributed by atoms with van der Waals surface area (Å²) >= 11 is 0. The second-order valence-electron chi connectivity index (χ2n) is 5.51. The lowest BCUT2D eigenvalue weighted by atomic mass is 10.2. The summed E-state index contributed by atoms with van der Waals surface area (Å²) in [5, 5.41) is 0. The third kappa shape index (κ3) is 2.88. The van der Waals surface area contributed by atoms with Gasteiger partial charge in [0.1, 0.15) is 11.3 Å². The number of para-hydroxylation sites is 2. The second-order valence-corrected chi connectivity index (χ2v) is 5.51. The van der Waals surface area contributed by atoms with Crippen molar-refractivity contribution in [1.29, 1.82) is 0 Å². The van der Waals surface area contributed by atoms with Gasteiger partial charge in [-0.15, -0.1) is 0 Å². The maximum Gasteiger partial charge on any atom is 0.419 e. The summed E-state index contributed by atoms with van der Waals surface area (Å²) < 4.78 is 47.0. The Morgan fingerprint density at radius 1 is 0.846 bits per heavy atom. The molecule has 0 fully saturated rings. The zero-order chi connectivity index (χ0) is 18.1. The number of ether oxygens (including phenoxy) is 1. The average molecular weight is 355 g/mol. The Hall–Kier alpha value is -3.35. The lowest BCUT2D eigenvalue weighted by Crippen LogP contribution is -2.08. The van der Waals surface area contributed by atoms with Crippen LogP contribution < -0.4 is 4.74 Å². The van der Waals surface area contributed by atoms with E-state index in [4.69, 9.17) is 4.74 Å². The van der Waals surface area contributed by atoms with Crippen LogP contribution in [0.4, 0.5) is 13.2 Å². The van der Waals surface area contributed by atoms with Crippen LogP contribution in [0.25, 0.3) is 16.9 Å². The number of fused-ring (bicyclic) bond motifs is 1. The Labute approximate surface area is 146 Å². The molecule has 0 bridgehead atoms. The Morgan fingerprint density at radius 3 is 2.35 bits per heavy atom. The number of halogens is 3. The summed E-state index contributed by atoms with van der Waals surface area (Å²) in [5.74, 6) is -0.313. The van der Waals surface area contributed by atoms with Crippen LogP contribution in [0.3, 0.4) is 0 Å². The quantitative estimate of drug-likeness (QED) is 0.505. The molecular weight excluding hydrogens is 343 g/mol. The molecule has 2 heterocycles. The first kappa shape index (κ1) is 16.1. The molecule has 0 unspecified atom stereocenters. The van der Waals surface area contributed by atoms with Gasteiger partial charge >= 0.3 is 12.2 Å². The number of rotatable bonds is 3. The summed E-state index contributed by atoms with van der Waals surface area (Å²) in [5.41, 5.74) is 0.849. The summed E-state index contributed by atoms with van der Waals surface area (Å²) in [6.07, 6.45) is -2.94. The first-order valence-electron chi connectivity index (χ1n) is 7.77. The molecule has 0 amide bonds. The largest absolute Gasteiger partial charge is 0.425 e. The summed E-state index contributed by atoms with van der Waals surface area (Å²) in [6.45, 7) is 0. The number of hydrogen-bond acceptors (Lipinski definition) is 3. The van der Waals surface area contributed by atoms with E-state index in [2.05, 4.69) is 9.97 Å². The fraction of sp³-hybridized carbons (Fsp3) is 0.0526. The highest BCUT2D eigenvalue weighted by Crippen LogP contribution is 2.38. The molecule has 0 aliphatic carbocycles. The molecule has 4 nitrogen and oxygen atoms in total. The number of hydrogen-bond donors (Lipinski definition) is 0. The summed E-state index contributed by atoms with van der Waals surface area (Å²) in [7, 11) is 0. The van der Waals surface area contributed by atoms with Crippen molar-refractivity contribution in [3.63, 3.8) is 0 Å². The molecule has 7 heteroatoms. The third-order valence-electron chi connectivity index (χ3n) is 3.79. The van der Waals surface area contributed by atoms with E-state index in [0.29, 0.717) is 16.9 Å². The number of pyridine rings is 1. The zero-order valence-electron chi connectivity index (χ0n) is 13.3. The van der Waals surface area contributed by atoms with Gasteiger partial charge in [0.25, 0.3) is 0 Å². The molecule has 4 rings (SSSR count). The Bertz CT molecular complexity index is 1060. The van der Waals surface area contributed by atoms with Crippen LogP contribution in [0.5, 0.6) is 11.8 Å². The number of alkyl halides is 3. The van der Waals surface area contributed by atoms with Crippen molar-refractivity contribution < 1.29 is 17.9 Å². The van der Waals surface area contributed by atoms with Gasteiger partial charge in [-0.3, -0.25) is 0 Å². The number of benzene rings is 2. The first-order chi connectivity index (χ1) is 12.5. The van der Waals surface area contributed by atoms with Crippen molar-refractivity contribution in [2.24, 2.45) is 0 Å². The minimum Gasteiger partial charge on any atom is -0.425 e. The average Bonchev–Trinajstić information content (AvgIpc) is 3.00. The first-order valence-corrected chi connectivity index (χ1v) is 7.77. The van der Waals surface area contributed by atoms with Crippen molar-refractivity contribution in [3.8, 4) is 17.4 Å². The lowest BCUT2D eigenvalue weighted by Gasteiger charge is -2.14. The highest BCUT2D eigenvalue weighted by atomic mass is 19.4. The normalized spacial score (nSPS) is 11.7. The summed E-state index contributed by atoms with van der Waals surface area (Å²) in [4.78, 5) is 8.61. The van der Waals surface area contributed by atoms with Gasteiger partial charge in [-0.25, -0.2) is 9.55 Å². The van der Waals surface area contributed by atoms with Crippen molar-refractivity contribution in [3.05, 3.63) is 78.5 Å². The van der Waals surface area contributed by atoms with Crippen LogP contribution in [0.2, 0.25) is 0 Å². The van der Waals surface area contributed by atoms with Crippen molar-refractivity contribution in [1.82, 2.24) is 14.5 Å². The van der Waals surface area contributed by atoms with E-state index in [0.717, 1.165) is 6.07 Å². The van der Waals surface area contributed by atoms with Gasteiger partial charge in [0, 0.05) is 6.20 Å². The van der Waals surface area contributed by atoms with Crippen molar-refractivity contribution in [2.45, 2.75) is 6.18 Å². The standard InChI is InChI=1S/C19H12F3N3O/c20-19(21,22)14-9-4-5-11-16(14)26-18-24-15-10-6-12-23-17(15)25(18)13-7-2-1-3-8-13/h1-12H. The van der Waals surface area contributed by atoms with Crippen LogP contribution in [-0.4, -0.2) is 14.5 Å². The predicted molar refractivity (Wildman–Crippen MR) is 90.4 cm³/mol. The molecular formula is C19H12F3N3O. The van der Waals surface area contributed by atoms with E-state index in [1.165, 1.54) is 18.2 Å². The zero-order valence-corrected chi connectivity index (χ0v) is 13.3. The van der Waals surface area contributed by atoms with E-state index < -0.39 is 11.7 Å². The maximum atomic E-state index is 13.3. The number of nitrogens with zero attached hydrogens (tertiary/aromatic N) is 3. The highest BCUT2D eigenvalue weighted by Gasteiger charge is 2.34. The van der Waals surface area contributed by atoms with E-state index in [-0.39, 0.29) is 11.8 Å². The van der Waals surface area contributed by atoms with Crippen molar-refractivity contribution in [2.75, 3.05) is 0 Å². The van der Waals surface area contributed by atoms with Crippen molar-refractivity contribution >= 4 is 11.2 Å². The maximum absolute atomic E-state index is 13.3. The Balaban J connectivity index is 1.89. The van der Waals surface area contributed by atoms with Crippen LogP contribution in [0, 0.1) is 0 Å². The van der Waals surface area contributed by atoms with Crippen LogP contribution in [-0.2, 0) is 6.18 Å². The third-order valence-corrected chi connectivity index (χ3v) is 3.79. The molecule has 0 spiro atoms. The molecule has 0 N–H and O–H groups in total. The van der Waals surface area contributed by atoms with E-state index in [1.54, 1.807) is 35.0 Å². The molecule has 0 saturated carbocycles. The molecule has 2 aromatic carbocycles. The van der Waals surface area contributed by atoms with Crippen LogP contribution >= 0.6 is 0 Å². The van der Waals surface area contributed by atoms with Gasteiger partial charge in [-0.2, -0.15) is 18.2 Å². The van der Waals surface area contributed by atoms with E-state index >= 15 is 0 Å². The SMILES string of the molecule is FC(F)(F)c1ccccc1Oc1nc2cccnc2n1-c1ccccc1. The lowest BCUT2D eigenvalue weighted by molar-refractivity contribution is -0.138. The molecule has 0 atom stereocenters. The van der Waals surface area contributed by atoms with Gasteiger partial charge < -0.3 is 4.74 Å². The molecule has 0 aliphatic rings. The Kier molecular flexibility index (Phi) is 3.84. The van der Waals surface area contributed by atoms with Gasteiger partial charge in [0.05, 0.1) is 11.3 Å². The summed E-state index contributed by atoms with van der Waals surface area (Å²) in [6, 6.07) is 17.6. The minimum atomic E-state index is -4.53. The Morgan fingerprint density at radius 2 is 1.58 bits per heavy atom. The molecule has 2 aromatic heterocycles. The van der Waals surface area contributed by atoms with E-state index in [1.807, 2.05) is 18.2 Å². The van der Waals surface area contributed by atoms with Gasteiger partial charge in [-0.05, 0) is 36.4 Å². The van der Waals surface area contributed by atoms with E-state index in [9.17, 15) is 13.2 Å². The van der Waals surface area contributed by atoms with Gasteiger partial charge in [0.15, 0.2) is 5.65 Å². The molecule has 0 aliphatic heterocycles. The fourth-order valence-corrected chi connectivity index (χ4v) is 2.66. The van der Waals surface area contributed by atoms with Crippen LogP contribution in [0.1, 0.15) is 5.56 Å². The molecule has 26 heavy (non-hydrogen) atoms. The molecule has 0 saturated heterocycles. The fourth-order valence-electron chi connectivity index (χ4n) is 2.66. The monoisotopic (exact) mass is 355 g/mol. The highest BCUT2D eigenvalue weighted by molar-refractivity contribution is 5.74. The van der Waals surface area contributed by atoms with Gasteiger partial charge in [0.2, 0.25) is 0 Å². The molecule has 130 valence electrons. The van der Waals surface area contributed by atoms with Crippen LogP contribution in [0.15, 0.2) is 72.9 Å². The number of imidazole rings is 1. The molecule has 0 radical (unpaired) electrons.